The Hall–Kier alpha value is -1.53. The number of hydrogen-bond acceptors (Lipinski definition) is 3. The summed E-state index contributed by atoms with van der Waals surface area (Å²) in [5, 5.41) is 8.81. The molecule has 3 heteroatoms. The first-order valence-corrected chi connectivity index (χ1v) is 4.24. The molecule has 1 aromatic rings. The van der Waals surface area contributed by atoms with Gasteiger partial charge in [0.1, 0.15) is 0 Å². The summed E-state index contributed by atoms with van der Waals surface area (Å²) in [7, 11) is 0. The minimum atomic E-state index is -0.0989. The standard InChI is InChI=1S/C10H13N3/c1-2-10(13)9-5-8(12)4-3-7(9)6-11/h3-5,10H,2,12-13H2,1H3. The van der Waals surface area contributed by atoms with Gasteiger partial charge in [-0.1, -0.05) is 6.92 Å². The summed E-state index contributed by atoms with van der Waals surface area (Å²) in [6.45, 7) is 1.98. The van der Waals surface area contributed by atoms with E-state index in [9.17, 15) is 0 Å². The largest absolute Gasteiger partial charge is 0.399 e. The van der Waals surface area contributed by atoms with Gasteiger partial charge in [0.25, 0.3) is 0 Å². The molecule has 0 saturated carbocycles. The van der Waals surface area contributed by atoms with Crippen molar-refractivity contribution in [3.8, 4) is 6.07 Å². The van der Waals surface area contributed by atoms with Crippen LogP contribution in [0.1, 0.15) is 30.5 Å². The minimum Gasteiger partial charge on any atom is -0.399 e. The molecule has 1 rings (SSSR count). The summed E-state index contributed by atoms with van der Waals surface area (Å²) in [4.78, 5) is 0. The molecular formula is C10H13N3. The third kappa shape index (κ3) is 1.98. The molecule has 4 N–H and O–H groups in total. The van der Waals surface area contributed by atoms with E-state index in [4.69, 9.17) is 16.7 Å². The second-order valence-corrected chi connectivity index (χ2v) is 2.97. The lowest BCUT2D eigenvalue weighted by atomic mass is 9.99. The summed E-state index contributed by atoms with van der Waals surface area (Å²) in [6.07, 6.45) is 0.804. The van der Waals surface area contributed by atoms with Gasteiger partial charge < -0.3 is 11.5 Å². The first kappa shape index (κ1) is 9.56. The molecule has 0 aliphatic rings. The van der Waals surface area contributed by atoms with E-state index < -0.39 is 0 Å². The normalized spacial score (nSPS) is 12.1. The smallest absolute Gasteiger partial charge is 0.0995 e. The molecule has 0 spiro atoms. The van der Waals surface area contributed by atoms with Crippen LogP contribution in [0.3, 0.4) is 0 Å². The molecule has 0 heterocycles. The number of nitrogen functional groups attached to an aromatic ring is 1. The number of anilines is 1. The Morgan fingerprint density at radius 3 is 2.77 bits per heavy atom. The third-order valence-electron chi connectivity index (χ3n) is 2.04. The van der Waals surface area contributed by atoms with Crippen LogP contribution in [0.15, 0.2) is 18.2 Å². The zero-order valence-electron chi connectivity index (χ0n) is 7.62. The highest BCUT2D eigenvalue weighted by molar-refractivity contribution is 5.50. The predicted molar refractivity (Wildman–Crippen MR) is 52.8 cm³/mol. The van der Waals surface area contributed by atoms with Crippen molar-refractivity contribution in [3.63, 3.8) is 0 Å². The molecule has 13 heavy (non-hydrogen) atoms. The highest BCUT2D eigenvalue weighted by Gasteiger charge is 2.08. The van der Waals surface area contributed by atoms with Crippen molar-refractivity contribution in [3.05, 3.63) is 29.3 Å². The van der Waals surface area contributed by atoms with Crippen molar-refractivity contribution in [1.82, 2.24) is 0 Å². The molecular weight excluding hydrogens is 162 g/mol. The first-order chi connectivity index (χ1) is 6.19. The average molecular weight is 175 g/mol. The molecule has 0 saturated heterocycles. The third-order valence-corrected chi connectivity index (χ3v) is 2.04. The number of nitrogens with two attached hydrogens (primary N) is 2. The maximum Gasteiger partial charge on any atom is 0.0995 e. The highest BCUT2D eigenvalue weighted by atomic mass is 14.6. The summed E-state index contributed by atoms with van der Waals surface area (Å²) in [5.41, 5.74) is 13.5. The van der Waals surface area contributed by atoms with Crippen LogP contribution in [0, 0.1) is 11.3 Å². The van der Waals surface area contributed by atoms with Crippen LogP contribution in [-0.2, 0) is 0 Å². The van der Waals surface area contributed by atoms with Gasteiger partial charge in [0, 0.05) is 11.7 Å². The zero-order chi connectivity index (χ0) is 9.84. The molecule has 0 fully saturated rings. The fourth-order valence-corrected chi connectivity index (χ4v) is 1.21. The lowest BCUT2D eigenvalue weighted by Gasteiger charge is -2.11. The maximum atomic E-state index is 8.81. The van der Waals surface area contributed by atoms with Crippen molar-refractivity contribution >= 4 is 5.69 Å². The molecule has 1 aromatic carbocycles. The Bertz CT molecular complexity index is 339. The number of hydrogen-bond donors (Lipinski definition) is 2. The Morgan fingerprint density at radius 1 is 1.54 bits per heavy atom. The minimum absolute atomic E-state index is 0.0989. The second-order valence-electron chi connectivity index (χ2n) is 2.97. The summed E-state index contributed by atoms with van der Waals surface area (Å²) in [5.74, 6) is 0. The van der Waals surface area contributed by atoms with E-state index in [-0.39, 0.29) is 6.04 Å². The van der Waals surface area contributed by atoms with Crippen molar-refractivity contribution in [2.45, 2.75) is 19.4 Å². The van der Waals surface area contributed by atoms with E-state index in [1.54, 1.807) is 18.2 Å². The maximum absolute atomic E-state index is 8.81. The van der Waals surface area contributed by atoms with Gasteiger partial charge in [0.05, 0.1) is 11.6 Å². The van der Waals surface area contributed by atoms with Gasteiger partial charge in [0.15, 0.2) is 0 Å². The number of nitriles is 1. The lowest BCUT2D eigenvalue weighted by molar-refractivity contribution is 0.697. The highest BCUT2D eigenvalue weighted by Crippen LogP contribution is 2.20. The number of rotatable bonds is 2. The monoisotopic (exact) mass is 175 g/mol. The molecule has 0 aliphatic carbocycles. The fourth-order valence-electron chi connectivity index (χ4n) is 1.21. The van der Waals surface area contributed by atoms with Gasteiger partial charge in [-0.15, -0.1) is 0 Å². The summed E-state index contributed by atoms with van der Waals surface area (Å²) >= 11 is 0. The van der Waals surface area contributed by atoms with Crippen molar-refractivity contribution in [2.24, 2.45) is 5.73 Å². The van der Waals surface area contributed by atoms with Gasteiger partial charge in [-0.05, 0) is 30.2 Å². The Balaban J connectivity index is 3.17. The van der Waals surface area contributed by atoms with Crippen LogP contribution in [-0.4, -0.2) is 0 Å². The van der Waals surface area contributed by atoms with Gasteiger partial charge in [0.2, 0.25) is 0 Å². The van der Waals surface area contributed by atoms with Gasteiger partial charge in [-0.3, -0.25) is 0 Å². The average Bonchev–Trinajstić information content (AvgIpc) is 2.16. The van der Waals surface area contributed by atoms with E-state index in [1.807, 2.05) is 6.92 Å². The second kappa shape index (κ2) is 3.92. The van der Waals surface area contributed by atoms with Crippen LogP contribution in [0.4, 0.5) is 5.69 Å². The van der Waals surface area contributed by atoms with E-state index in [1.165, 1.54) is 0 Å². The molecule has 68 valence electrons. The molecule has 0 bridgehead atoms. The summed E-state index contributed by atoms with van der Waals surface area (Å²) in [6, 6.07) is 7.20. The molecule has 0 amide bonds. The van der Waals surface area contributed by atoms with Gasteiger partial charge in [-0.2, -0.15) is 5.26 Å². The molecule has 0 aromatic heterocycles. The Labute approximate surface area is 78.0 Å². The summed E-state index contributed by atoms with van der Waals surface area (Å²) < 4.78 is 0. The number of nitrogens with zero attached hydrogens (tertiary/aromatic N) is 1. The topological polar surface area (TPSA) is 75.8 Å². The SMILES string of the molecule is CCC(N)c1cc(N)ccc1C#N. The van der Waals surface area contributed by atoms with Crippen molar-refractivity contribution < 1.29 is 0 Å². The van der Waals surface area contributed by atoms with Crippen LogP contribution < -0.4 is 11.5 Å². The van der Waals surface area contributed by atoms with Crippen LogP contribution in [0.5, 0.6) is 0 Å². The van der Waals surface area contributed by atoms with Gasteiger partial charge in [-0.25, -0.2) is 0 Å². The first-order valence-electron chi connectivity index (χ1n) is 4.24. The van der Waals surface area contributed by atoms with Gasteiger partial charge >= 0.3 is 0 Å². The molecule has 1 unspecified atom stereocenters. The van der Waals surface area contributed by atoms with Crippen LogP contribution in [0.2, 0.25) is 0 Å². The van der Waals surface area contributed by atoms with E-state index >= 15 is 0 Å². The lowest BCUT2D eigenvalue weighted by Crippen LogP contribution is -2.10. The molecule has 0 aliphatic heterocycles. The molecule has 0 radical (unpaired) electrons. The zero-order valence-corrected chi connectivity index (χ0v) is 7.62. The molecule has 1 atom stereocenters. The molecule has 3 nitrogen and oxygen atoms in total. The van der Waals surface area contributed by atoms with E-state index in [2.05, 4.69) is 6.07 Å². The van der Waals surface area contributed by atoms with Crippen molar-refractivity contribution in [1.29, 1.82) is 5.26 Å². The Kier molecular flexibility index (Phi) is 2.88. The Morgan fingerprint density at radius 2 is 2.23 bits per heavy atom. The van der Waals surface area contributed by atoms with E-state index in [0.717, 1.165) is 12.0 Å². The van der Waals surface area contributed by atoms with Crippen molar-refractivity contribution in [2.75, 3.05) is 5.73 Å². The van der Waals surface area contributed by atoms with E-state index in [0.29, 0.717) is 11.3 Å². The number of benzene rings is 1. The quantitative estimate of drug-likeness (QED) is 0.669. The fraction of sp³-hybridized carbons (Fsp3) is 0.300. The predicted octanol–water partition coefficient (Wildman–Crippen LogP) is 1.55. The van der Waals surface area contributed by atoms with Crippen LogP contribution >= 0.6 is 0 Å². The van der Waals surface area contributed by atoms with Crippen LogP contribution in [0.25, 0.3) is 0 Å².